The zero-order valence-corrected chi connectivity index (χ0v) is 12.6. The Labute approximate surface area is 126 Å². The maximum atomic E-state index is 5.24. The molecule has 0 aliphatic rings. The number of benzene rings is 1. The Morgan fingerprint density at radius 3 is 2.95 bits per heavy atom. The minimum absolute atomic E-state index is 0.659. The lowest BCUT2D eigenvalue weighted by atomic mass is 10.1. The molecule has 0 fully saturated rings. The zero-order chi connectivity index (χ0) is 14.7. The minimum atomic E-state index is 0.659. The quantitative estimate of drug-likeness (QED) is 0.727. The summed E-state index contributed by atoms with van der Waals surface area (Å²) < 4.78 is 10.5. The number of fused-ring (bicyclic) bond motifs is 1. The number of aromatic nitrogens is 2. The average Bonchev–Trinajstić information content (AvgIpc) is 3.04. The molecule has 6 heteroatoms. The summed E-state index contributed by atoms with van der Waals surface area (Å²) in [5.41, 5.74) is 2.02. The summed E-state index contributed by atoms with van der Waals surface area (Å²) in [5, 5.41) is 4.88. The number of anilines is 1. The normalized spacial score (nSPS) is 10.8. The molecule has 2 heterocycles. The van der Waals surface area contributed by atoms with Crippen molar-refractivity contribution in [2.45, 2.75) is 11.0 Å². The van der Waals surface area contributed by atoms with Gasteiger partial charge >= 0.3 is 0 Å². The van der Waals surface area contributed by atoms with E-state index in [1.54, 1.807) is 31.3 Å². The van der Waals surface area contributed by atoms with Crippen LogP contribution in [0, 0.1) is 0 Å². The number of hydrogen-bond donors (Lipinski definition) is 1. The van der Waals surface area contributed by atoms with E-state index in [-0.39, 0.29) is 0 Å². The molecule has 0 atom stereocenters. The minimum Gasteiger partial charge on any atom is -0.497 e. The van der Waals surface area contributed by atoms with E-state index in [2.05, 4.69) is 21.4 Å². The van der Waals surface area contributed by atoms with E-state index < -0.39 is 0 Å². The van der Waals surface area contributed by atoms with Crippen LogP contribution >= 0.6 is 11.8 Å². The number of oxazole rings is 1. The fourth-order valence-electron chi connectivity index (χ4n) is 2.07. The van der Waals surface area contributed by atoms with Gasteiger partial charge in [0.2, 0.25) is 0 Å². The van der Waals surface area contributed by atoms with Crippen LogP contribution in [0.4, 0.5) is 5.82 Å². The van der Waals surface area contributed by atoms with Crippen LogP contribution in [0.25, 0.3) is 10.9 Å². The fraction of sp³-hybridized carbons (Fsp3) is 0.200. The van der Waals surface area contributed by atoms with Crippen LogP contribution in [-0.4, -0.2) is 24.1 Å². The van der Waals surface area contributed by atoms with Crippen molar-refractivity contribution < 1.29 is 9.15 Å². The van der Waals surface area contributed by atoms with E-state index in [9.17, 15) is 0 Å². The SMILES string of the molecule is CNc1nc2cc(OC)ccc2cc1CSc1ncco1. The van der Waals surface area contributed by atoms with Crippen molar-refractivity contribution in [1.82, 2.24) is 9.97 Å². The first-order valence-electron chi connectivity index (χ1n) is 6.48. The van der Waals surface area contributed by atoms with Crippen LogP contribution in [0.3, 0.4) is 0 Å². The Morgan fingerprint density at radius 1 is 1.33 bits per heavy atom. The molecule has 1 N–H and O–H groups in total. The van der Waals surface area contributed by atoms with Crippen LogP contribution in [-0.2, 0) is 5.75 Å². The van der Waals surface area contributed by atoms with Crippen LogP contribution < -0.4 is 10.1 Å². The van der Waals surface area contributed by atoms with E-state index in [4.69, 9.17) is 9.15 Å². The predicted octanol–water partition coefficient (Wildman–Crippen LogP) is 3.57. The molecule has 0 unspecified atom stereocenters. The molecule has 0 spiro atoms. The van der Waals surface area contributed by atoms with Gasteiger partial charge < -0.3 is 14.5 Å². The molecule has 2 aromatic heterocycles. The monoisotopic (exact) mass is 301 g/mol. The molecule has 0 aliphatic heterocycles. The van der Waals surface area contributed by atoms with Crippen molar-refractivity contribution in [1.29, 1.82) is 0 Å². The largest absolute Gasteiger partial charge is 0.497 e. The lowest BCUT2D eigenvalue weighted by Gasteiger charge is -2.10. The summed E-state index contributed by atoms with van der Waals surface area (Å²) in [7, 11) is 3.52. The lowest BCUT2D eigenvalue weighted by molar-refractivity contribution is 0.415. The molecule has 0 amide bonds. The Kier molecular flexibility index (Phi) is 3.96. The van der Waals surface area contributed by atoms with Gasteiger partial charge in [-0.25, -0.2) is 9.97 Å². The zero-order valence-electron chi connectivity index (χ0n) is 11.8. The Bertz CT molecular complexity index is 744. The second-order valence-corrected chi connectivity index (χ2v) is 5.32. The highest BCUT2D eigenvalue weighted by Gasteiger charge is 2.09. The van der Waals surface area contributed by atoms with Gasteiger partial charge in [-0.3, -0.25) is 0 Å². The highest BCUT2D eigenvalue weighted by molar-refractivity contribution is 7.98. The molecular weight excluding hydrogens is 286 g/mol. The van der Waals surface area contributed by atoms with Crippen molar-refractivity contribution in [3.05, 3.63) is 42.3 Å². The van der Waals surface area contributed by atoms with Gasteiger partial charge in [-0.1, -0.05) is 11.8 Å². The van der Waals surface area contributed by atoms with Gasteiger partial charge in [-0.2, -0.15) is 0 Å². The van der Waals surface area contributed by atoms with Crippen molar-refractivity contribution in [2.75, 3.05) is 19.5 Å². The number of pyridine rings is 1. The van der Waals surface area contributed by atoms with Gasteiger partial charge in [-0.05, 0) is 18.2 Å². The van der Waals surface area contributed by atoms with Gasteiger partial charge in [0.05, 0.1) is 18.8 Å². The van der Waals surface area contributed by atoms with Crippen LogP contribution in [0.5, 0.6) is 5.75 Å². The first-order valence-corrected chi connectivity index (χ1v) is 7.46. The molecule has 3 rings (SSSR count). The molecular formula is C15H15N3O2S. The van der Waals surface area contributed by atoms with Crippen LogP contribution in [0.1, 0.15) is 5.56 Å². The number of ether oxygens (including phenoxy) is 1. The summed E-state index contributed by atoms with van der Waals surface area (Å²) in [6, 6.07) is 8.01. The summed E-state index contributed by atoms with van der Waals surface area (Å²) in [6.07, 6.45) is 3.22. The number of hydrogen-bond acceptors (Lipinski definition) is 6. The third-order valence-electron chi connectivity index (χ3n) is 3.10. The number of thioether (sulfide) groups is 1. The van der Waals surface area contributed by atoms with Crippen molar-refractivity contribution in [2.24, 2.45) is 0 Å². The summed E-state index contributed by atoms with van der Waals surface area (Å²) in [5.74, 6) is 2.40. The molecule has 0 aliphatic carbocycles. The third kappa shape index (κ3) is 2.95. The summed E-state index contributed by atoms with van der Waals surface area (Å²) in [6.45, 7) is 0. The van der Waals surface area contributed by atoms with Gasteiger partial charge in [0, 0.05) is 29.8 Å². The van der Waals surface area contributed by atoms with Crippen molar-refractivity contribution in [3.63, 3.8) is 0 Å². The first-order chi connectivity index (χ1) is 10.3. The molecule has 0 saturated heterocycles. The average molecular weight is 301 g/mol. The summed E-state index contributed by atoms with van der Waals surface area (Å²) >= 11 is 1.54. The van der Waals surface area contributed by atoms with Crippen LogP contribution in [0.15, 0.2) is 46.4 Å². The topological polar surface area (TPSA) is 60.2 Å². The van der Waals surface area contributed by atoms with E-state index in [1.165, 1.54) is 0 Å². The predicted molar refractivity (Wildman–Crippen MR) is 83.9 cm³/mol. The number of nitrogens with one attached hydrogen (secondary N) is 1. The maximum Gasteiger partial charge on any atom is 0.255 e. The number of nitrogens with zero attached hydrogens (tertiary/aromatic N) is 2. The molecule has 0 saturated carbocycles. The van der Waals surface area contributed by atoms with E-state index in [0.29, 0.717) is 5.22 Å². The molecule has 21 heavy (non-hydrogen) atoms. The van der Waals surface area contributed by atoms with E-state index in [0.717, 1.165) is 33.8 Å². The lowest BCUT2D eigenvalue weighted by Crippen LogP contribution is -1.98. The van der Waals surface area contributed by atoms with Gasteiger partial charge in [0.15, 0.2) is 0 Å². The molecule has 3 aromatic rings. The Hall–Kier alpha value is -2.21. The van der Waals surface area contributed by atoms with Gasteiger partial charge in [0.25, 0.3) is 5.22 Å². The Morgan fingerprint density at radius 2 is 2.24 bits per heavy atom. The second-order valence-electron chi connectivity index (χ2n) is 4.39. The number of methoxy groups -OCH3 is 1. The molecule has 108 valence electrons. The van der Waals surface area contributed by atoms with E-state index >= 15 is 0 Å². The fourth-order valence-corrected chi connectivity index (χ4v) is 2.82. The standard InChI is InChI=1S/C15H15N3O2S/c1-16-14-11(9-21-15-17-5-6-20-15)7-10-3-4-12(19-2)8-13(10)18-14/h3-8H,9H2,1-2H3,(H,16,18). The highest BCUT2D eigenvalue weighted by atomic mass is 32.2. The van der Waals surface area contributed by atoms with Gasteiger partial charge in [0.1, 0.15) is 17.8 Å². The van der Waals surface area contributed by atoms with Gasteiger partial charge in [-0.15, -0.1) is 0 Å². The summed E-state index contributed by atoms with van der Waals surface area (Å²) in [4.78, 5) is 8.76. The number of rotatable bonds is 5. The maximum absolute atomic E-state index is 5.24. The molecule has 0 bridgehead atoms. The second kappa shape index (κ2) is 6.05. The van der Waals surface area contributed by atoms with Crippen molar-refractivity contribution >= 4 is 28.5 Å². The Balaban J connectivity index is 1.93. The van der Waals surface area contributed by atoms with Crippen molar-refractivity contribution in [3.8, 4) is 5.75 Å². The molecule has 0 radical (unpaired) electrons. The molecule has 1 aromatic carbocycles. The van der Waals surface area contributed by atoms with Crippen LogP contribution in [0.2, 0.25) is 0 Å². The first kappa shape index (κ1) is 13.8. The van der Waals surface area contributed by atoms with E-state index in [1.807, 2.05) is 25.2 Å². The smallest absolute Gasteiger partial charge is 0.255 e. The highest BCUT2D eigenvalue weighted by Crippen LogP contribution is 2.28. The molecule has 5 nitrogen and oxygen atoms in total. The third-order valence-corrected chi connectivity index (χ3v) is 4.01.